The van der Waals surface area contributed by atoms with E-state index in [9.17, 15) is 4.79 Å². The van der Waals surface area contributed by atoms with Crippen molar-refractivity contribution in [3.8, 4) is 5.75 Å². The minimum absolute atomic E-state index is 0.595. The summed E-state index contributed by atoms with van der Waals surface area (Å²) in [7, 11) is 1.56. The third kappa shape index (κ3) is 3.28. The van der Waals surface area contributed by atoms with Crippen molar-refractivity contribution in [2.24, 2.45) is 0 Å². The molecule has 0 aliphatic rings. The van der Waals surface area contributed by atoms with E-state index < -0.39 is 0 Å². The third-order valence-corrected chi connectivity index (χ3v) is 1.52. The monoisotopic (exact) mass is 180 g/mol. The zero-order chi connectivity index (χ0) is 10.3. The fourth-order valence-corrected chi connectivity index (χ4v) is 0.916. The van der Waals surface area contributed by atoms with Crippen molar-refractivity contribution < 1.29 is 9.53 Å². The summed E-state index contributed by atoms with van der Waals surface area (Å²) in [6.07, 6.45) is 0.790. The highest BCUT2D eigenvalue weighted by atomic mass is 16.5. The van der Waals surface area contributed by atoms with Crippen molar-refractivity contribution in [1.29, 1.82) is 0 Å². The van der Waals surface area contributed by atoms with E-state index >= 15 is 0 Å². The fourth-order valence-electron chi connectivity index (χ4n) is 0.916. The molecule has 0 heterocycles. The number of benzene rings is 1. The van der Waals surface area contributed by atoms with E-state index in [4.69, 9.17) is 4.74 Å². The van der Waals surface area contributed by atoms with Crippen molar-refractivity contribution in [3.05, 3.63) is 29.3 Å². The van der Waals surface area contributed by atoms with E-state index in [0.29, 0.717) is 11.3 Å². The van der Waals surface area contributed by atoms with Crippen LogP contribution in [0.3, 0.4) is 0 Å². The molecular formula is C11H16O2. The van der Waals surface area contributed by atoms with E-state index in [-0.39, 0.29) is 0 Å². The Labute approximate surface area is 79.5 Å². The maximum absolute atomic E-state index is 10.4. The quantitative estimate of drug-likeness (QED) is 0.654. The Kier molecular flexibility index (Phi) is 5.60. The molecule has 0 aliphatic carbocycles. The number of carbonyl (C=O) groups is 1. The summed E-state index contributed by atoms with van der Waals surface area (Å²) in [4.78, 5) is 10.4. The summed E-state index contributed by atoms with van der Waals surface area (Å²) in [6.45, 7) is 5.96. The summed E-state index contributed by atoms with van der Waals surface area (Å²) < 4.78 is 4.99. The predicted molar refractivity (Wildman–Crippen MR) is 54.5 cm³/mol. The van der Waals surface area contributed by atoms with Gasteiger partial charge >= 0.3 is 0 Å². The summed E-state index contributed by atoms with van der Waals surface area (Å²) in [5.41, 5.74) is 1.69. The van der Waals surface area contributed by atoms with Crippen molar-refractivity contribution in [3.63, 3.8) is 0 Å². The topological polar surface area (TPSA) is 26.3 Å². The highest BCUT2D eigenvalue weighted by Crippen LogP contribution is 2.17. The van der Waals surface area contributed by atoms with Gasteiger partial charge in [0.25, 0.3) is 0 Å². The van der Waals surface area contributed by atoms with Crippen LogP contribution in [0.1, 0.15) is 29.8 Å². The van der Waals surface area contributed by atoms with Crippen LogP contribution in [0.25, 0.3) is 0 Å². The van der Waals surface area contributed by atoms with Gasteiger partial charge in [-0.05, 0) is 24.6 Å². The van der Waals surface area contributed by atoms with Gasteiger partial charge in [-0.1, -0.05) is 19.9 Å². The molecule has 1 aromatic carbocycles. The second-order valence-electron chi connectivity index (χ2n) is 2.36. The maximum atomic E-state index is 10.4. The Hall–Kier alpha value is -1.31. The summed E-state index contributed by atoms with van der Waals surface area (Å²) in [5, 5.41) is 0. The molecule has 0 radical (unpaired) electrons. The first kappa shape index (κ1) is 11.7. The zero-order valence-corrected chi connectivity index (χ0v) is 8.63. The van der Waals surface area contributed by atoms with E-state index in [1.165, 1.54) is 0 Å². The summed E-state index contributed by atoms with van der Waals surface area (Å²) >= 11 is 0. The molecule has 72 valence electrons. The summed E-state index contributed by atoms with van der Waals surface area (Å²) in [6, 6.07) is 5.47. The van der Waals surface area contributed by atoms with Gasteiger partial charge in [-0.2, -0.15) is 0 Å². The van der Waals surface area contributed by atoms with Crippen LogP contribution in [-0.2, 0) is 0 Å². The molecule has 0 N–H and O–H groups in total. The molecule has 0 saturated heterocycles. The van der Waals surface area contributed by atoms with Gasteiger partial charge in [0, 0.05) is 0 Å². The number of aryl methyl sites for hydroxylation is 1. The average Bonchev–Trinajstić information content (AvgIpc) is 2.20. The van der Waals surface area contributed by atoms with Crippen molar-refractivity contribution in [1.82, 2.24) is 0 Å². The van der Waals surface area contributed by atoms with E-state index in [2.05, 4.69) is 0 Å². The van der Waals surface area contributed by atoms with E-state index in [0.717, 1.165) is 11.8 Å². The Bertz CT molecular complexity index is 267. The van der Waals surface area contributed by atoms with Gasteiger partial charge in [-0.3, -0.25) is 4.79 Å². The van der Waals surface area contributed by atoms with Crippen LogP contribution >= 0.6 is 0 Å². The lowest BCUT2D eigenvalue weighted by Gasteiger charge is -2.02. The number of rotatable bonds is 2. The van der Waals surface area contributed by atoms with Crippen LogP contribution in [0, 0.1) is 6.92 Å². The second-order valence-corrected chi connectivity index (χ2v) is 2.36. The first-order valence-corrected chi connectivity index (χ1v) is 4.37. The number of carbonyl (C=O) groups excluding carboxylic acids is 1. The minimum atomic E-state index is 0.595. The standard InChI is InChI=1S/C9H10O2.C2H6/c1-7-3-4-8(6-10)9(5-7)11-2;1-2/h3-6H,1-2H3;1-2H3. The lowest BCUT2D eigenvalue weighted by Crippen LogP contribution is -1.90. The van der Waals surface area contributed by atoms with Gasteiger partial charge in [-0.25, -0.2) is 0 Å². The highest BCUT2D eigenvalue weighted by Gasteiger charge is 1.99. The number of hydrogen-bond acceptors (Lipinski definition) is 2. The van der Waals surface area contributed by atoms with Crippen LogP contribution in [0.2, 0.25) is 0 Å². The molecule has 13 heavy (non-hydrogen) atoms. The number of methoxy groups -OCH3 is 1. The minimum Gasteiger partial charge on any atom is -0.496 e. The molecule has 0 amide bonds. The molecule has 0 aromatic heterocycles. The second kappa shape index (κ2) is 6.23. The molecule has 0 bridgehead atoms. The van der Waals surface area contributed by atoms with Crippen LogP contribution in [-0.4, -0.2) is 13.4 Å². The zero-order valence-electron chi connectivity index (χ0n) is 8.63. The number of aldehydes is 1. The molecule has 2 heteroatoms. The van der Waals surface area contributed by atoms with Crippen LogP contribution < -0.4 is 4.74 Å². The predicted octanol–water partition coefficient (Wildman–Crippen LogP) is 2.84. The van der Waals surface area contributed by atoms with Gasteiger partial charge in [0.1, 0.15) is 5.75 Å². The molecule has 0 saturated carbocycles. The normalized spacial score (nSPS) is 8.31. The molecule has 0 fully saturated rings. The first-order valence-electron chi connectivity index (χ1n) is 4.37. The maximum Gasteiger partial charge on any atom is 0.153 e. The van der Waals surface area contributed by atoms with Crippen LogP contribution in [0.15, 0.2) is 18.2 Å². The molecule has 1 rings (SSSR count). The summed E-state index contributed by atoms with van der Waals surface area (Å²) in [5.74, 6) is 0.639. The van der Waals surface area contributed by atoms with Gasteiger partial charge in [0.15, 0.2) is 6.29 Å². The van der Waals surface area contributed by atoms with Gasteiger partial charge in [-0.15, -0.1) is 0 Å². The number of hydrogen-bond donors (Lipinski definition) is 0. The van der Waals surface area contributed by atoms with Gasteiger partial charge in [0.2, 0.25) is 0 Å². The Morgan fingerprint density at radius 2 is 1.92 bits per heavy atom. The van der Waals surface area contributed by atoms with E-state index in [1.54, 1.807) is 13.2 Å². The Balaban J connectivity index is 0.000000671. The SMILES string of the molecule is CC.COc1cc(C)ccc1C=O. The van der Waals surface area contributed by atoms with Crippen molar-refractivity contribution in [2.75, 3.05) is 7.11 Å². The van der Waals surface area contributed by atoms with Gasteiger partial charge in [0.05, 0.1) is 12.7 Å². The first-order chi connectivity index (χ1) is 6.27. The molecule has 2 nitrogen and oxygen atoms in total. The molecule has 0 unspecified atom stereocenters. The molecule has 0 aliphatic heterocycles. The van der Waals surface area contributed by atoms with Gasteiger partial charge < -0.3 is 4.74 Å². The van der Waals surface area contributed by atoms with Crippen molar-refractivity contribution >= 4 is 6.29 Å². The lowest BCUT2D eigenvalue weighted by atomic mass is 10.1. The molecular weight excluding hydrogens is 164 g/mol. The molecule has 0 atom stereocenters. The van der Waals surface area contributed by atoms with Crippen LogP contribution in [0.5, 0.6) is 5.75 Å². The molecule has 1 aromatic rings. The van der Waals surface area contributed by atoms with Crippen LogP contribution in [0.4, 0.5) is 0 Å². The van der Waals surface area contributed by atoms with E-state index in [1.807, 2.05) is 32.9 Å². The average molecular weight is 180 g/mol. The smallest absolute Gasteiger partial charge is 0.153 e. The largest absolute Gasteiger partial charge is 0.496 e. The number of ether oxygens (including phenoxy) is 1. The lowest BCUT2D eigenvalue weighted by molar-refractivity contribution is 0.112. The molecule has 0 spiro atoms. The Morgan fingerprint density at radius 3 is 2.38 bits per heavy atom. The highest BCUT2D eigenvalue weighted by molar-refractivity contribution is 5.79. The fraction of sp³-hybridized carbons (Fsp3) is 0.364. The third-order valence-electron chi connectivity index (χ3n) is 1.52. The Morgan fingerprint density at radius 1 is 1.31 bits per heavy atom. The van der Waals surface area contributed by atoms with Crippen molar-refractivity contribution in [2.45, 2.75) is 20.8 Å².